The molecule has 5 nitrogen and oxygen atoms in total. The maximum absolute atomic E-state index is 12.0. The molecule has 0 aliphatic heterocycles. The number of rotatable bonds is 5. The lowest BCUT2D eigenvalue weighted by atomic mass is 9.93. The molecule has 0 radical (unpaired) electrons. The number of nitrogens with zero attached hydrogens (tertiary/aromatic N) is 1. The highest BCUT2D eigenvalue weighted by Gasteiger charge is 2.15. The molecule has 5 heteroatoms. The van der Waals surface area contributed by atoms with E-state index in [1.54, 1.807) is 30.3 Å². The summed E-state index contributed by atoms with van der Waals surface area (Å²) in [5, 5.41) is 19.9. The van der Waals surface area contributed by atoms with Crippen molar-refractivity contribution in [2.24, 2.45) is 0 Å². The third kappa shape index (κ3) is 4.82. The smallest absolute Gasteiger partial charge is 0.336 e. The van der Waals surface area contributed by atoms with E-state index in [0.717, 1.165) is 27.6 Å². The Hall–Kier alpha value is -5.26. The van der Waals surface area contributed by atoms with Gasteiger partial charge < -0.3 is 14.8 Å². The van der Waals surface area contributed by atoms with Gasteiger partial charge in [-0.25, -0.2) is 4.79 Å². The van der Waals surface area contributed by atoms with E-state index in [2.05, 4.69) is 22.9 Å². The van der Waals surface area contributed by atoms with Crippen LogP contribution in [-0.2, 0) is 6.61 Å². The number of nitriles is 1. The fourth-order valence-corrected chi connectivity index (χ4v) is 3.99. The van der Waals surface area contributed by atoms with Crippen molar-refractivity contribution in [3.8, 4) is 34.8 Å². The van der Waals surface area contributed by atoms with Gasteiger partial charge in [-0.05, 0) is 71.1 Å². The zero-order chi connectivity index (χ0) is 24.9. The molecule has 0 fully saturated rings. The average molecular weight is 469 g/mol. The van der Waals surface area contributed by atoms with E-state index >= 15 is 0 Å². The predicted octanol–water partition coefficient (Wildman–Crippen LogP) is 6.38. The Morgan fingerprint density at radius 1 is 0.889 bits per heavy atom. The number of H-pyrrole nitrogens is 1. The number of benzene rings is 4. The summed E-state index contributed by atoms with van der Waals surface area (Å²) in [6.07, 6.45) is 1.86. The number of nitrogens with one attached hydrogen (secondary N) is 1. The van der Waals surface area contributed by atoms with Crippen LogP contribution >= 0.6 is 0 Å². The van der Waals surface area contributed by atoms with Crippen molar-refractivity contribution in [2.75, 3.05) is 0 Å². The molecule has 0 amide bonds. The van der Waals surface area contributed by atoms with E-state index in [4.69, 9.17) is 10.00 Å². The first kappa shape index (κ1) is 22.5. The monoisotopic (exact) mass is 468 g/mol. The first-order chi connectivity index (χ1) is 17.6. The zero-order valence-electron chi connectivity index (χ0n) is 19.2. The third-order valence-corrected chi connectivity index (χ3v) is 5.80. The molecule has 0 spiro atoms. The van der Waals surface area contributed by atoms with Crippen molar-refractivity contribution in [3.05, 3.63) is 125 Å². The van der Waals surface area contributed by atoms with Crippen molar-refractivity contribution in [2.45, 2.75) is 6.61 Å². The van der Waals surface area contributed by atoms with Crippen LogP contribution in [0.3, 0.4) is 0 Å². The molecule has 0 saturated heterocycles. The van der Waals surface area contributed by atoms with Crippen LogP contribution in [0.25, 0.3) is 22.0 Å². The largest absolute Gasteiger partial charge is 0.489 e. The lowest BCUT2D eigenvalue weighted by molar-refractivity contribution is 0.0697. The van der Waals surface area contributed by atoms with E-state index in [0.29, 0.717) is 29.0 Å². The summed E-state index contributed by atoms with van der Waals surface area (Å²) in [7, 11) is 0. The molecule has 36 heavy (non-hydrogen) atoms. The molecule has 0 bridgehead atoms. The number of carboxylic acid groups (broad SMARTS) is 1. The highest BCUT2D eigenvalue weighted by atomic mass is 16.5. The fourth-order valence-electron chi connectivity index (χ4n) is 3.99. The van der Waals surface area contributed by atoms with Gasteiger partial charge in [-0.15, -0.1) is 0 Å². The second kappa shape index (κ2) is 9.93. The van der Waals surface area contributed by atoms with Crippen LogP contribution in [0.1, 0.15) is 32.6 Å². The molecule has 5 rings (SSSR count). The van der Waals surface area contributed by atoms with Gasteiger partial charge in [0.25, 0.3) is 0 Å². The average Bonchev–Trinajstić information content (AvgIpc) is 3.39. The summed E-state index contributed by atoms with van der Waals surface area (Å²) in [5.41, 5.74) is 5.50. The summed E-state index contributed by atoms with van der Waals surface area (Å²) >= 11 is 0. The molecule has 1 heterocycles. The van der Waals surface area contributed by atoms with E-state index in [1.807, 2.05) is 66.9 Å². The highest BCUT2D eigenvalue weighted by Crippen LogP contribution is 2.30. The van der Waals surface area contributed by atoms with Crippen molar-refractivity contribution in [1.82, 2.24) is 4.98 Å². The molecule has 0 aliphatic rings. The van der Waals surface area contributed by atoms with Gasteiger partial charge >= 0.3 is 5.97 Å². The Labute approximate surface area is 208 Å². The third-order valence-electron chi connectivity index (χ3n) is 5.80. The normalized spacial score (nSPS) is 10.3. The molecule has 2 N–H and O–H groups in total. The molecule has 5 aromatic rings. The van der Waals surface area contributed by atoms with E-state index in [1.165, 1.54) is 0 Å². The number of aromatic carboxylic acids is 1. The maximum Gasteiger partial charge on any atom is 0.336 e. The Balaban J connectivity index is 1.40. The van der Waals surface area contributed by atoms with Crippen LogP contribution in [-0.4, -0.2) is 16.1 Å². The standard InChI is InChI=1S/C31H20N2O3/c32-19-23-3-1-5-27(17-23)36-20-22-9-7-21(8-10-22)11-12-25-4-2-6-28(31(34)35)30(25)26-14-13-24-15-16-33-29(24)18-26/h1-10,13-18,33H,20H2,(H,34,35). The number of carboxylic acids is 1. The number of hydrogen-bond acceptors (Lipinski definition) is 3. The number of aromatic nitrogens is 1. The van der Waals surface area contributed by atoms with Gasteiger partial charge in [0.05, 0.1) is 17.2 Å². The van der Waals surface area contributed by atoms with Crippen molar-refractivity contribution in [1.29, 1.82) is 5.26 Å². The molecule has 0 unspecified atom stereocenters. The maximum atomic E-state index is 12.0. The van der Waals surface area contributed by atoms with Gasteiger partial charge in [0.2, 0.25) is 0 Å². The van der Waals surface area contributed by atoms with Crippen LogP contribution in [0.15, 0.2) is 97.2 Å². The van der Waals surface area contributed by atoms with E-state index in [9.17, 15) is 9.90 Å². The Morgan fingerprint density at radius 3 is 2.53 bits per heavy atom. The molecular weight excluding hydrogens is 448 g/mol. The first-order valence-electron chi connectivity index (χ1n) is 11.3. The summed E-state index contributed by atoms with van der Waals surface area (Å²) < 4.78 is 5.78. The Kier molecular flexibility index (Phi) is 6.21. The van der Waals surface area contributed by atoms with Crippen molar-refractivity contribution < 1.29 is 14.6 Å². The van der Waals surface area contributed by atoms with Gasteiger partial charge in [-0.3, -0.25) is 0 Å². The fraction of sp³-hybridized carbons (Fsp3) is 0.0323. The van der Waals surface area contributed by atoms with Crippen molar-refractivity contribution >= 4 is 16.9 Å². The number of fused-ring (bicyclic) bond motifs is 1. The first-order valence-corrected chi connectivity index (χ1v) is 11.3. The van der Waals surface area contributed by atoms with E-state index < -0.39 is 5.97 Å². The van der Waals surface area contributed by atoms with Crippen LogP contribution < -0.4 is 4.74 Å². The molecule has 0 saturated carbocycles. The molecule has 4 aromatic carbocycles. The minimum absolute atomic E-state index is 0.209. The Bertz CT molecular complexity index is 1680. The number of aromatic amines is 1. The van der Waals surface area contributed by atoms with Gasteiger partial charge in [0.1, 0.15) is 12.4 Å². The van der Waals surface area contributed by atoms with Crippen LogP contribution in [0.2, 0.25) is 0 Å². The molecular formula is C31H20N2O3. The second-order valence-corrected chi connectivity index (χ2v) is 8.19. The summed E-state index contributed by atoms with van der Waals surface area (Å²) in [6, 6.07) is 29.8. The topological polar surface area (TPSA) is 86.1 Å². The van der Waals surface area contributed by atoms with E-state index in [-0.39, 0.29) is 5.56 Å². The Morgan fingerprint density at radius 2 is 1.72 bits per heavy atom. The molecule has 0 aliphatic carbocycles. The van der Waals surface area contributed by atoms with Crippen LogP contribution in [0, 0.1) is 23.2 Å². The molecule has 0 atom stereocenters. The van der Waals surface area contributed by atoms with Gasteiger partial charge in [-0.1, -0.05) is 48.2 Å². The minimum atomic E-state index is -0.995. The predicted molar refractivity (Wildman–Crippen MR) is 139 cm³/mol. The number of hydrogen-bond donors (Lipinski definition) is 2. The quantitative estimate of drug-likeness (QED) is 0.293. The summed E-state index contributed by atoms with van der Waals surface area (Å²) in [5.74, 6) is 5.97. The van der Waals surface area contributed by atoms with Gasteiger partial charge in [-0.2, -0.15) is 5.26 Å². The zero-order valence-corrected chi connectivity index (χ0v) is 19.2. The molecule has 1 aromatic heterocycles. The lowest BCUT2D eigenvalue weighted by Crippen LogP contribution is -2.01. The van der Waals surface area contributed by atoms with Gasteiger partial charge in [0, 0.05) is 28.4 Å². The van der Waals surface area contributed by atoms with Gasteiger partial charge in [0.15, 0.2) is 0 Å². The second-order valence-electron chi connectivity index (χ2n) is 8.19. The lowest BCUT2D eigenvalue weighted by Gasteiger charge is -2.10. The van der Waals surface area contributed by atoms with Crippen LogP contribution in [0.4, 0.5) is 0 Å². The molecule has 172 valence electrons. The van der Waals surface area contributed by atoms with Crippen molar-refractivity contribution in [3.63, 3.8) is 0 Å². The van der Waals surface area contributed by atoms with Crippen LogP contribution in [0.5, 0.6) is 5.75 Å². The highest BCUT2D eigenvalue weighted by molar-refractivity contribution is 5.99. The summed E-state index contributed by atoms with van der Waals surface area (Å²) in [4.78, 5) is 15.2. The SMILES string of the molecule is N#Cc1cccc(OCc2ccc(C#Cc3cccc(C(=O)O)c3-c3ccc4cc[nH]c4c3)cc2)c1. The number of ether oxygens (including phenoxy) is 1. The number of carbonyl (C=O) groups is 1. The summed E-state index contributed by atoms with van der Waals surface area (Å²) in [6.45, 7) is 0.370. The minimum Gasteiger partial charge on any atom is -0.489 e.